The van der Waals surface area contributed by atoms with Gasteiger partial charge in [0.25, 0.3) is 5.91 Å². The zero-order valence-electron chi connectivity index (χ0n) is 13.3. The Morgan fingerprint density at radius 2 is 1.96 bits per heavy atom. The summed E-state index contributed by atoms with van der Waals surface area (Å²) in [5.74, 6) is 0.583. The summed E-state index contributed by atoms with van der Waals surface area (Å²) >= 11 is 0. The number of para-hydroxylation sites is 1. The fourth-order valence-corrected chi connectivity index (χ4v) is 2.90. The molecule has 4 heteroatoms. The topological polar surface area (TPSA) is 47.6 Å². The lowest BCUT2D eigenvalue weighted by molar-refractivity contribution is -0.118. The molecule has 120 valence electrons. The summed E-state index contributed by atoms with van der Waals surface area (Å²) in [6.07, 6.45) is 3.45. The molecule has 2 aromatic rings. The Labute approximate surface area is 136 Å². The first-order chi connectivity index (χ1) is 11.3. The van der Waals surface area contributed by atoms with Crippen molar-refractivity contribution in [1.82, 2.24) is 0 Å². The second kappa shape index (κ2) is 7.29. The molecule has 0 heterocycles. The fourth-order valence-electron chi connectivity index (χ4n) is 2.90. The van der Waals surface area contributed by atoms with E-state index in [9.17, 15) is 4.79 Å². The Bertz CT molecular complexity index is 697. The third-order valence-electron chi connectivity index (χ3n) is 4.03. The highest BCUT2D eigenvalue weighted by atomic mass is 16.5. The lowest BCUT2D eigenvalue weighted by Crippen LogP contribution is -2.21. The van der Waals surface area contributed by atoms with E-state index in [0.29, 0.717) is 6.61 Å². The minimum absolute atomic E-state index is 0.000102. The van der Waals surface area contributed by atoms with Crippen LogP contribution in [0.5, 0.6) is 5.75 Å². The van der Waals surface area contributed by atoms with Crippen molar-refractivity contribution in [2.45, 2.75) is 25.9 Å². The van der Waals surface area contributed by atoms with E-state index in [2.05, 4.69) is 17.4 Å². The van der Waals surface area contributed by atoms with Gasteiger partial charge in [0, 0.05) is 18.4 Å². The van der Waals surface area contributed by atoms with Gasteiger partial charge in [0.1, 0.15) is 5.75 Å². The standard InChI is InChI=1S/C19H21NO3/c1-22-12-16-5-2-3-8-18(16)20-19(21)13-23-17-10-9-14-6-4-7-15(14)11-17/h2-3,5,8-11H,4,6-7,12-13H2,1H3,(H,20,21). The van der Waals surface area contributed by atoms with Gasteiger partial charge in [-0.25, -0.2) is 0 Å². The molecule has 0 aliphatic heterocycles. The van der Waals surface area contributed by atoms with Crippen LogP contribution in [0.4, 0.5) is 5.69 Å². The zero-order valence-corrected chi connectivity index (χ0v) is 13.3. The van der Waals surface area contributed by atoms with E-state index in [0.717, 1.165) is 29.8 Å². The summed E-state index contributed by atoms with van der Waals surface area (Å²) in [5, 5.41) is 2.87. The Balaban J connectivity index is 1.58. The largest absolute Gasteiger partial charge is 0.484 e. The van der Waals surface area contributed by atoms with Crippen molar-refractivity contribution in [2.75, 3.05) is 19.0 Å². The molecule has 1 amide bonds. The number of hydrogen-bond acceptors (Lipinski definition) is 3. The van der Waals surface area contributed by atoms with E-state index >= 15 is 0 Å². The molecule has 3 rings (SSSR count). The SMILES string of the molecule is COCc1ccccc1NC(=O)COc1ccc2c(c1)CCC2. The Kier molecular flexibility index (Phi) is 4.93. The van der Waals surface area contributed by atoms with Crippen molar-refractivity contribution in [2.24, 2.45) is 0 Å². The van der Waals surface area contributed by atoms with E-state index in [1.165, 1.54) is 17.5 Å². The molecule has 23 heavy (non-hydrogen) atoms. The van der Waals surface area contributed by atoms with Crippen LogP contribution in [-0.2, 0) is 29.0 Å². The fraction of sp³-hybridized carbons (Fsp3) is 0.316. The third-order valence-corrected chi connectivity index (χ3v) is 4.03. The average Bonchev–Trinajstić information content (AvgIpc) is 3.03. The summed E-state index contributed by atoms with van der Waals surface area (Å²) in [7, 11) is 1.63. The second-order valence-electron chi connectivity index (χ2n) is 5.71. The van der Waals surface area contributed by atoms with Crippen LogP contribution in [0, 0.1) is 0 Å². The van der Waals surface area contributed by atoms with Gasteiger partial charge in [-0.15, -0.1) is 0 Å². The van der Waals surface area contributed by atoms with Gasteiger partial charge in [-0.2, -0.15) is 0 Å². The van der Waals surface area contributed by atoms with Gasteiger partial charge in [-0.05, 0) is 48.6 Å². The van der Waals surface area contributed by atoms with Gasteiger partial charge in [0.2, 0.25) is 0 Å². The van der Waals surface area contributed by atoms with Crippen LogP contribution in [0.1, 0.15) is 23.1 Å². The molecule has 2 aromatic carbocycles. The summed E-state index contributed by atoms with van der Waals surface area (Å²) in [6.45, 7) is 0.461. The Hall–Kier alpha value is -2.33. The molecule has 0 saturated heterocycles. The molecule has 0 aromatic heterocycles. The highest BCUT2D eigenvalue weighted by Gasteiger charge is 2.12. The number of rotatable bonds is 6. The highest BCUT2D eigenvalue weighted by Crippen LogP contribution is 2.26. The number of fused-ring (bicyclic) bond motifs is 1. The van der Waals surface area contributed by atoms with Crippen molar-refractivity contribution in [3.63, 3.8) is 0 Å². The van der Waals surface area contributed by atoms with Gasteiger partial charge in [-0.3, -0.25) is 4.79 Å². The molecule has 0 spiro atoms. The summed E-state index contributed by atoms with van der Waals surface area (Å²) < 4.78 is 10.8. The molecular weight excluding hydrogens is 290 g/mol. The van der Waals surface area contributed by atoms with E-state index in [1.54, 1.807) is 7.11 Å². The predicted molar refractivity (Wildman–Crippen MR) is 89.7 cm³/mol. The van der Waals surface area contributed by atoms with Crippen molar-refractivity contribution in [1.29, 1.82) is 0 Å². The van der Waals surface area contributed by atoms with Gasteiger partial charge in [0.05, 0.1) is 6.61 Å². The maximum atomic E-state index is 12.1. The summed E-state index contributed by atoms with van der Waals surface area (Å²) in [4.78, 5) is 12.1. The van der Waals surface area contributed by atoms with Gasteiger partial charge in [0.15, 0.2) is 6.61 Å². The molecular formula is C19H21NO3. The summed E-state index contributed by atoms with van der Waals surface area (Å²) in [5.41, 5.74) is 4.45. The summed E-state index contributed by atoms with van der Waals surface area (Å²) in [6, 6.07) is 13.7. The minimum Gasteiger partial charge on any atom is -0.484 e. The van der Waals surface area contributed by atoms with E-state index in [4.69, 9.17) is 9.47 Å². The quantitative estimate of drug-likeness (QED) is 0.890. The smallest absolute Gasteiger partial charge is 0.262 e. The maximum Gasteiger partial charge on any atom is 0.262 e. The predicted octanol–water partition coefficient (Wildman–Crippen LogP) is 3.34. The number of carbonyl (C=O) groups excluding carboxylic acids is 1. The normalized spacial score (nSPS) is 12.7. The molecule has 1 N–H and O–H groups in total. The van der Waals surface area contributed by atoms with Crippen molar-refractivity contribution >= 4 is 11.6 Å². The first-order valence-electron chi connectivity index (χ1n) is 7.87. The molecule has 0 saturated carbocycles. The lowest BCUT2D eigenvalue weighted by Gasteiger charge is -2.11. The number of ether oxygens (including phenoxy) is 2. The molecule has 0 bridgehead atoms. The lowest BCUT2D eigenvalue weighted by atomic mass is 10.1. The highest BCUT2D eigenvalue weighted by molar-refractivity contribution is 5.92. The number of amides is 1. The van der Waals surface area contributed by atoms with Crippen molar-refractivity contribution < 1.29 is 14.3 Å². The Morgan fingerprint density at radius 3 is 2.83 bits per heavy atom. The van der Waals surface area contributed by atoms with Crippen molar-refractivity contribution in [3.8, 4) is 5.75 Å². The number of benzene rings is 2. The van der Waals surface area contributed by atoms with Crippen LogP contribution in [0.15, 0.2) is 42.5 Å². The monoisotopic (exact) mass is 311 g/mol. The van der Waals surface area contributed by atoms with Crippen LogP contribution in [0.3, 0.4) is 0 Å². The van der Waals surface area contributed by atoms with Gasteiger partial charge >= 0.3 is 0 Å². The van der Waals surface area contributed by atoms with E-state index < -0.39 is 0 Å². The molecule has 0 unspecified atom stereocenters. The minimum atomic E-state index is -0.172. The molecule has 4 nitrogen and oxygen atoms in total. The number of carbonyl (C=O) groups is 1. The maximum absolute atomic E-state index is 12.1. The van der Waals surface area contributed by atoms with Crippen LogP contribution in [0.2, 0.25) is 0 Å². The van der Waals surface area contributed by atoms with Gasteiger partial charge in [-0.1, -0.05) is 24.3 Å². The molecule has 0 atom stereocenters. The Morgan fingerprint density at radius 1 is 1.13 bits per heavy atom. The van der Waals surface area contributed by atoms with Crippen LogP contribution >= 0.6 is 0 Å². The number of anilines is 1. The van der Waals surface area contributed by atoms with Crippen LogP contribution in [0.25, 0.3) is 0 Å². The molecule has 1 aliphatic carbocycles. The molecule has 1 aliphatic rings. The first kappa shape index (κ1) is 15.6. The molecule has 0 radical (unpaired) electrons. The van der Waals surface area contributed by atoms with E-state index in [-0.39, 0.29) is 12.5 Å². The zero-order chi connectivity index (χ0) is 16.1. The van der Waals surface area contributed by atoms with Crippen LogP contribution < -0.4 is 10.1 Å². The van der Waals surface area contributed by atoms with Crippen molar-refractivity contribution in [3.05, 3.63) is 59.2 Å². The average molecular weight is 311 g/mol. The molecule has 0 fully saturated rings. The number of hydrogen-bond donors (Lipinski definition) is 1. The number of aryl methyl sites for hydroxylation is 2. The van der Waals surface area contributed by atoms with Crippen LogP contribution in [-0.4, -0.2) is 19.6 Å². The number of nitrogens with one attached hydrogen (secondary N) is 1. The second-order valence-corrected chi connectivity index (χ2v) is 5.71. The third kappa shape index (κ3) is 3.90. The first-order valence-corrected chi connectivity index (χ1v) is 7.87. The van der Waals surface area contributed by atoms with Gasteiger partial charge < -0.3 is 14.8 Å². The number of methoxy groups -OCH3 is 1. The van der Waals surface area contributed by atoms with E-state index in [1.807, 2.05) is 30.3 Å².